The van der Waals surface area contributed by atoms with E-state index in [4.69, 9.17) is 4.52 Å². The van der Waals surface area contributed by atoms with Crippen LogP contribution in [0.3, 0.4) is 0 Å². The van der Waals surface area contributed by atoms with Gasteiger partial charge < -0.3 is 19.3 Å². The summed E-state index contributed by atoms with van der Waals surface area (Å²) in [6, 6.07) is -0.719. The normalized spacial score (nSPS) is 22.1. The molecule has 2 atom stereocenters. The van der Waals surface area contributed by atoms with Gasteiger partial charge in [0.25, 0.3) is 0 Å². The second-order valence-corrected chi connectivity index (χ2v) is 4.95. The smallest absolute Gasteiger partial charge is 0.328 e. The van der Waals surface area contributed by atoms with Crippen LogP contribution in [0.5, 0.6) is 0 Å². The molecule has 2 rings (SSSR count). The standard InChI is InChI=1S/C13H18N2O5/c1-7-10(8(2)20-14-7)5-12(17)15-6-9(16)4-11(15)13(18)19-3/h9,11,16H,4-6H2,1-3H3. The van der Waals surface area contributed by atoms with E-state index >= 15 is 0 Å². The number of likely N-dealkylation sites (tertiary alicyclic amines) is 1. The van der Waals surface area contributed by atoms with Crippen LogP contribution in [0, 0.1) is 13.8 Å². The number of carbonyl (C=O) groups is 2. The van der Waals surface area contributed by atoms with Crippen LogP contribution in [0.4, 0.5) is 0 Å². The van der Waals surface area contributed by atoms with E-state index in [1.54, 1.807) is 13.8 Å². The monoisotopic (exact) mass is 282 g/mol. The number of hydrogen-bond donors (Lipinski definition) is 1. The summed E-state index contributed by atoms with van der Waals surface area (Å²) in [5.41, 5.74) is 1.38. The van der Waals surface area contributed by atoms with Crippen molar-refractivity contribution in [2.24, 2.45) is 0 Å². The van der Waals surface area contributed by atoms with E-state index in [9.17, 15) is 14.7 Å². The van der Waals surface area contributed by atoms with Gasteiger partial charge in [-0.2, -0.15) is 0 Å². The molecule has 0 spiro atoms. The molecule has 1 fully saturated rings. The highest BCUT2D eigenvalue weighted by atomic mass is 16.5. The van der Waals surface area contributed by atoms with Crippen molar-refractivity contribution in [2.45, 2.75) is 38.8 Å². The lowest BCUT2D eigenvalue weighted by Crippen LogP contribution is -2.42. The minimum atomic E-state index is -0.719. The van der Waals surface area contributed by atoms with Gasteiger partial charge in [0.05, 0.1) is 25.3 Å². The molecule has 1 N–H and O–H groups in total. The maximum absolute atomic E-state index is 12.3. The molecular weight excluding hydrogens is 264 g/mol. The molecule has 1 aliphatic rings. The highest BCUT2D eigenvalue weighted by Gasteiger charge is 2.39. The van der Waals surface area contributed by atoms with Crippen LogP contribution in [-0.2, 0) is 20.7 Å². The molecular formula is C13H18N2O5. The average molecular weight is 282 g/mol. The summed E-state index contributed by atoms with van der Waals surface area (Å²) in [6.45, 7) is 3.64. The van der Waals surface area contributed by atoms with Crippen LogP contribution < -0.4 is 0 Å². The molecule has 0 radical (unpaired) electrons. The summed E-state index contributed by atoms with van der Waals surface area (Å²) >= 11 is 0. The average Bonchev–Trinajstić information content (AvgIpc) is 2.95. The van der Waals surface area contributed by atoms with Crippen LogP contribution in [0.1, 0.15) is 23.4 Å². The molecule has 2 unspecified atom stereocenters. The van der Waals surface area contributed by atoms with Crippen molar-refractivity contribution in [2.75, 3.05) is 13.7 Å². The number of rotatable bonds is 3. The minimum Gasteiger partial charge on any atom is -0.467 e. The van der Waals surface area contributed by atoms with Gasteiger partial charge >= 0.3 is 5.97 Å². The zero-order valence-corrected chi connectivity index (χ0v) is 11.8. The third-order valence-electron chi connectivity index (χ3n) is 3.58. The van der Waals surface area contributed by atoms with Crippen molar-refractivity contribution >= 4 is 11.9 Å². The SMILES string of the molecule is COC(=O)C1CC(O)CN1C(=O)Cc1c(C)noc1C. The number of carbonyl (C=O) groups excluding carboxylic acids is 2. The van der Waals surface area contributed by atoms with Crippen LogP contribution in [-0.4, -0.2) is 52.8 Å². The maximum atomic E-state index is 12.3. The van der Waals surface area contributed by atoms with Gasteiger partial charge in [-0.25, -0.2) is 4.79 Å². The molecule has 0 saturated carbocycles. The summed E-state index contributed by atoms with van der Waals surface area (Å²) in [5.74, 6) is -0.162. The molecule has 0 aliphatic carbocycles. The number of aryl methyl sites for hydroxylation is 2. The lowest BCUT2D eigenvalue weighted by atomic mass is 10.1. The number of esters is 1. The van der Waals surface area contributed by atoms with Crippen LogP contribution in [0.25, 0.3) is 0 Å². The topological polar surface area (TPSA) is 92.9 Å². The van der Waals surface area contributed by atoms with Crippen molar-refractivity contribution in [1.82, 2.24) is 10.1 Å². The molecule has 7 heteroatoms. The Morgan fingerprint density at radius 2 is 2.20 bits per heavy atom. The van der Waals surface area contributed by atoms with Gasteiger partial charge in [-0.1, -0.05) is 5.16 Å². The van der Waals surface area contributed by atoms with Crippen molar-refractivity contribution < 1.29 is 24.0 Å². The number of β-amino-alcohol motifs (C(OH)–C–C–N with tert-alkyl or cyclic N) is 1. The molecule has 110 valence electrons. The zero-order valence-electron chi connectivity index (χ0n) is 11.8. The first kappa shape index (κ1) is 14.5. The number of amides is 1. The fourth-order valence-corrected chi connectivity index (χ4v) is 2.46. The van der Waals surface area contributed by atoms with E-state index in [-0.39, 0.29) is 25.3 Å². The first-order chi connectivity index (χ1) is 9.43. The summed E-state index contributed by atoms with van der Waals surface area (Å²) < 4.78 is 9.68. The minimum absolute atomic E-state index is 0.0986. The number of aromatic nitrogens is 1. The quantitative estimate of drug-likeness (QED) is 0.782. The predicted molar refractivity (Wildman–Crippen MR) is 67.8 cm³/mol. The Labute approximate surface area is 116 Å². The zero-order chi connectivity index (χ0) is 14.9. The number of aliphatic hydroxyl groups excluding tert-OH is 1. The Hall–Kier alpha value is -1.89. The van der Waals surface area contributed by atoms with Gasteiger partial charge in [-0.05, 0) is 13.8 Å². The van der Waals surface area contributed by atoms with Gasteiger partial charge in [0.15, 0.2) is 0 Å². The number of nitrogens with zero attached hydrogens (tertiary/aromatic N) is 2. The molecule has 0 aromatic carbocycles. The maximum Gasteiger partial charge on any atom is 0.328 e. The van der Waals surface area contributed by atoms with E-state index < -0.39 is 18.1 Å². The molecule has 1 saturated heterocycles. The molecule has 0 bridgehead atoms. The van der Waals surface area contributed by atoms with Gasteiger partial charge in [0.2, 0.25) is 5.91 Å². The lowest BCUT2D eigenvalue weighted by molar-refractivity contribution is -0.150. The molecule has 2 heterocycles. The summed E-state index contributed by atoms with van der Waals surface area (Å²) in [6.07, 6.45) is -0.394. The summed E-state index contributed by atoms with van der Waals surface area (Å²) in [4.78, 5) is 25.3. The van der Waals surface area contributed by atoms with Crippen molar-refractivity contribution in [3.8, 4) is 0 Å². The second-order valence-electron chi connectivity index (χ2n) is 4.95. The largest absolute Gasteiger partial charge is 0.467 e. The molecule has 1 aromatic heterocycles. The third kappa shape index (κ3) is 2.67. The van der Waals surface area contributed by atoms with Crippen molar-refractivity contribution in [3.63, 3.8) is 0 Å². The Bertz CT molecular complexity index is 505. The summed E-state index contributed by atoms with van der Waals surface area (Å²) in [7, 11) is 1.27. The predicted octanol–water partition coefficient (Wildman–Crippen LogP) is -0.0313. The van der Waals surface area contributed by atoms with Gasteiger partial charge in [0.1, 0.15) is 11.8 Å². The Balaban J connectivity index is 2.13. The van der Waals surface area contributed by atoms with E-state index in [2.05, 4.69) is 9.89 Å². The molecule has 1 aromatic rings. The fraction of sp³-hybridized carbons (Fsp3) is 0.615. The van der Waals surface area contributed by atoms with E-state index in [1.807, 2.05) is 0 Å². The van der Waals surface area contributed by atoms with E-state index in [0.29, 0.717) is 11.5 Å². The van der Waals surface area contributed by atoms with Gasteiger partial charge in [-0.3, -0.25) is 4.79 Å². The highest BCUT2D eigenvalue weighted by molar-refractivity contribution is 5.86. The Morgan fingerprint density at radius 3 is 2.75 bits per heavy atom. The first-order valence-corrected chi connectivity index (χ1v) is 6.41. The third-order valence-corrected chi connectivity index (χ3v) is 3.58. The Kier molecular flexibility index (Phi) is 4.08. The number of ether oxygens (including phenoxy) is 1. The number of hydrogen-bond acceptors (Lipinski definition) is 6. The molecule has 1 amide bonds. The lowest BCUT2D eigenvalue weighted by Gasteiger charge is -2.22. The van der Waals surface area contributed by atoms with Crippen molar-refractivity contribution in [1.29, 1.82) is 0 Å². The molecule has 7 nitrogen and oxygen atoms in total. The fourth-order valence-electron chi connectivity index (χ4n) is 2.46. The van der Waals surface area contributed by atoms with Crippen LogP contribution >= 0.6 is 0 Å². The van der Waals surface area contributed by atoms with Gasteiger partial charge in [-0.15, -0.1) is 0 Å². The second kappa shape index (κ2) is 5.62. The van der Waals surface area contributed by atoms with Crippen molar-refractivity contribution in [3.05, 3.63) is 17.0 Å². The molecule has 20 heavy (non-hydrogen) atoms. The van der Waals surface area contributed by atoms with E-state index in [1.165, 1.54) is 12.0 Å². The Morgan fingerprint density at radius 1 is 1.50 bits per heavy atom. The van der Waals surface area contributed by atoms with Crippen LogP contribution in [0.15, 0.2) is 4.52 Å². The van der Waals surface area contributed by atoms with Crippen LogP contribution in [0.2, 0.25) is 0 Å². The number of methoxy groups -OCH3 is 1. The van der Waals surface area contributed by atoms with Gasteiger partial charge in [0, 0.05) is 18.5 Å². The first-order valence-electron chi connectivity index (χ1n) is 6.41. The number of aliphatic hydroxyl groups is 1. The highest BCUT2D eigenvalue weighted by Crippen LogP contribution is 2.22. The summed E-state index contributed by atoms with van der Waals surface area (Å²) in [5, 5.41) is 13.5. The van der Waals surface area contributed by atoms with E-state index in [0.717, 1.165) is 5.56 Å². The molecule has 1 aliphatic heterocycles.